The maximum absolute atomic E-state index is 14.2. The Hall–Kier alpha value is -1.95. The second-order valence-corrected chi connectivity index (χ2v) is 5.54. The summed E-state index contributed by atoms with van der Waals surface area (Å²) in [4.78, 5) is 4.44. The van der Waals surface area contributed by atoms with Crippen LogP contribution in [0, 0.1) is 11.6 Å². The molecule has 0 radical (unpaired) electrons. The lowest BCUT2D eigenvalue weighted by atomic mass is 10.2. The molecule has 0 aliphatic carbocycles. The molecule has 0 bridgehead atoms. The summed E-state index contributed by atoms with van der Waals surface area (Å²) >= 11 is 2.98. The van der Waals surface area contributed by atoms with Gasteiger partial charge in [0.25, 0.3) is 0 Å². The third kappa shape index (κ3) is 2.29. The summed E-state index contributed by atoms with van der Waals surface area (Å²) in [5.41, 5.74) is 7.82. The van der Waals surface area contributed by atoms with E-state index in [1.807, 2.05) is 6.92 Å². The zero-order chi connectivity index (χ0) is 15.1. The van der Waals surface area contributed by atoms with Gasteiger partial charge in [-0.2, -0.15) is 0 Å². The monoisotopic (exact) mass is 351 g/mol. The summed E-state index contributed by atoms with van der Waals surface area (Å²) in [5.74, 6) is -0.393. The standard InChI is InChI=1S/C15H12BrF2N3/c1-2-15-20-12-5-8(19)3-4-13(12)21(15)14-7-10(17)9(16)6-11(14)18/h3-7H,2,19H2,1H3. The molecular formula is C15H12BrF2N3. The van der Waals surface area contributed by atoms with Crippen LogP contribution in [0.25, 0.3) is 16.7 Å². The van der Waals surface area contributed by atoms with Crippen LogP contribution in [-0.2, 0) is 6.42 Å². The van der Waals surface area contributed by atoms with E-state index in [1.165, 1.54) is 0 Å². The van der Waals surface area contributed by atoms with E-state index in [-0.39, 0.29) is 10.2 Å². The fraction of sp³-hybridized carbons (Fsp3) is 0.133. The topological polar surface area (TPSA) is 43.8 Å². The summed E-state index contributed by atoms with van der Waals surface area (Å²) in [6.07, 6.45) is 0.589. The normalized spacial score (nSPS) is 11.2. The molecule has 6 heteroatoms. The van der Waals surface area contributed by atoms with Gasteiger partial charge in [0, 0.05) is 18.2 Å². The van der Waals surface area contributed by atoms with Crippen LogP contribution in [0.4, 0.5) is 14.5 Å². The minimum Gasteiger partial charge on any atom is -0.399 e. The smallest absolute Gasteiger partial charge is 0.148 e. The molecule has 0 unspecified atom stereocenters. The summed E-state index contributed by atoms with van der Waals surface area (Å²) in [5, 5.41) is 0. The van der Waals surface area contributed by atoms with Gasteiger partial charge in [0.05, 0.1) is 21.2 Å². The predicted molar refractivity (Wildman–Crippen MR) is 82.5 cm³/mol. The molecule has 2 N–H and O–H groups in total. The van der Waals surface area contributed by atoms with Crippen molar-refractivity contribution >= 4 is 32.7 Å². The predicted octanol–water partition coefficient (Wildman–Crippen LogP) is 4.21. The number of aromatic nitrogens is 2. The molecule has 0 spiro atoms. The highest BCUT2D eigenvalue weighted by atomic mass is 79.9. The van der Waals surface area contributed by atoms with Crippen LogP contribution in [0.5, 0.6) is 0 Å². The van der Waals surface area contributed by atoms with E-state index in [0.29, 0.717) is 29.0 Å². The lowest BCUT2D eigenvalue weighted by Gasteiger charge is -2.10. The number of aryl methyl sites for hydroxylation is 1. The van der Waals surface area contributed by atoms with Gasteiger partial charge in [0.1, 0.15) is 17.5 Å². The fourth-order valence-electron chi connectivity index (χ4n) is 2.34. The Morgan fingerprint density at radius 1 is 1.19 bits per heavy atom. The third-order valence-electron chi connectivity index (χ3n) is 3.29. The fourth-order valence-corrected chi connectivity index (χ4v) is 2.65. The molecule has 21 heavy (non-hydrogen) atoms. The molecule has 3 nitrogen and oxygen atoms in total. The van der Waals surface area contributed by atoms with Gasteiger partial charge in [-0.05, 0) is 40.2 Å². The number of hydrogen-bond donors (Lipinski definition) is 1. The van der Waals surface area contributed by atoms with E-state index in [0.717, 1.165) is 12.1 Å². The van der Waals surface area contributed by atoms with Crippen molar-refractivity contribution in [1.29, 1.82) is 0 Å². The van der Waals surface area contributed by atoms with Crippen molar-refractivity contribution in [2.24, 2.45) is 0 Å². The minimum atomic E-state index is -0.522. The van der Waals surface area contributed by atoms with Gasteiger partial charge < -0.3 is 5.73 Å². The van der Waals surface area contributed by atoms with Crippen molar-refractivity contribution in [1.82, 2.24) is 9.55 Å². The molecule has 3 rings (SSSR count). The van der Waals surface area contributed by atoms with Gasteiger partial charge >= 0.3 is 0 Å². The number of nitrogens with two attached hydrogens (primary N) is 1. The highest BCUT2D eigenvalue weighted by Crippen LogP contribution is 2.28. The summed E-state index contributed by atoms with van der Waals surface area (Å²) in [7, 11) is 0. The van der Waals surface area contributed by atoms with Crippen molar-refractivity contribution in [3.8, 4) is 5.69 Å². The van der Waals surface area contributed by atoms with Crippen LogP contribution in [-0.4, -0.2) is 9.55 Å². The number of halogens is 3. The first kappa shape index (κ1) is 14.0. The molecule has 1 aromatic heterocycles. The Morgan fingerprint density at radius 3 is 2.67 bits per heavy atom. The lowest BCUT2D eigenvalue weighted by molar-refractivity contribution is 0.586. The van der Waals surface area contributed by atoms with E-state index in [2.05, 4.69) is 20.9 Å². The van der Waals surface area contributed by atoms with Crippen LogP contribution < -0.4 is 5.73 Å². The van der Waals surface area contributed by atoms with Gasteiger partial charge in [-0.25, -0.2) is 13.8 Å². The van der Waals surface area contributed by atoms with Gasteiger partial charge in [0.2, 0.25) is 0 Å². The van der Waals surface area contributed by atoms with E-state index in [9.17, 15) is 8.78 Å². The van der Waals surface area contributed by atoms with Gasteiger partial charge in [-0.1, -0.05) is 6.92 Å². The van der Waals surface area contributed by atoms with Gasteiger partial charge in [0.15, 0.2) is 0 Å². The second-order valence-electron chi connectivity index (χ2n) is 4.68. The summed E-state index contributed by atoms with van der Waals surface area (Å²) < 4.78 is 29.7. The average molecular weight is 352 g/mol. The van der Waals surface area contributed by atoms with Crippen molar-refractivity contribution < 1.29 is 8.78 Å². The van der Waals surface area contributed by atoms with Crippen molar-refractivity contribution in [3.63, 3.8) is 0 Å². The van der Waals surface area contributed by atoms with Crippen LogP contribution in [0.2, 0.25) is 0 Å². The van der Waals surface area contributed by atoms with Crippen molar-refractivity contribution in [3.05, 3.63) is 52.3 Å². The second kappa shape index (κ2) is 5.11. The summed E-state index contributed by atoms with van der Waals surface area (Å²) in [6, 6.07) is 7.48. The maximum Gasteiger partial charge on any atom is 0.148 e. The average Bonchev–Trinajstić information content (AvgIpc) is 2.80. The minimum absolute atomic E-state index is 0.0930. The van der Waals surface area contributed by atoms with E-state index < -0.39 is 11.6 Å². The number of hydrogen-bond acceptors (Lipinski definition) is 2. The molecule has 2 aromatic carbocycles. The molecule has 0 aliphatic rings. The Labute approximate surface area is 128 Å². The number of anilines is 1. The molecule has 0 saturated heterocycles. The number of nitrogen functional groups attached to an aromatic ring is 1. The number of imidazole rings is 1. The Morgan fingerprint density at radius 2 is 1.95 bits per heavy atom. The van der Waals surface area contributed by atoms with E-state index >= 15 is 0 Å². The lowest BCUT2D eigenvalue weighted by Crippen LogP contribution is -2.03. The van der Waals surface area contributed by atoms with Crippen LogP contribution in [0.1, 0.15) is 12.7 Å². The highest BCUT2D eigenvalue weighted by Gasteiger charge is 2.16. The SMILES string of the molecule is CCc1nc2cc(N)ccc2n1-c1cc(F)c(Br)cc1F. The first-order valence-electron chi connectivity index (χ1n) is 6.43. The van der Waals surface area contributed by atoms with Gasteiger partial charge in [-0.15, -0.1) is 0 Å². The van der Waals surface area contributed by atoms with E-state index in [4.69, 9.17) is 5.73 Å². The Balaban J connectivity index is 2.36. The highest BCUT2D eigenvalue weighted by molar-refractivity contribution is 9.10. The zero-order valence-electron chi connectivity index (χ0n) is 11.2. The van der Waals surface area contributed by atoms with Gasteiger partial charge in [-0.3, -0.25) is 4.57 Å². The number of fused-ring (bicyclic) bond motifs is 1. The number of benzene rings is 2. The molecule has 0 atom stereocenters. The molecular weight excluding hydrogens is 340 g/mol. The molecule has 1 heterocycles. The first-order valence-corrected chi connectivity index (χ1v) is 7.22. The molecule has 108 valence electrons. The maximum atomic E-state index is 14.2. The Kier molecular flexibility index (Phi) is 3.41. The third-order valence-corrected chi connectivity index (χ3v) is 3.90. The van der Waals surface area contributed by atoms with Crippen LogP contribution in [0.3, 0.4) is 0 Å². The zero-order valence-corrected chi connectivity index (χ0v) is 12.8. The molecule has 3 aromatic rings. The molecule has 0 fully saturated rings. The summed E-state index contributed by atoms with van der Waals surface area (Å²) in [6.45, 7) is 1.91. The quantitative estimate of drug-likeness (QED) is 0.555. The van der Waals surface area contributed by atoms with Crippen molar-refractivity contribution in [2.45, 2.75) is 13.3 Å². The largest absolute Gasteiger partial charge is 0.399 e. The van der Waals surface area contributed by atoms with E-state index in [1.54, 1.807) is 22.8 Å². The number of nitrogens with zero attached hydrogens (tertiary/aromatic N) is 2. The first-order chi connectivity index (χ1) is 10.0. The Bertz CT molecular complexity index is 843. The van der Waals surface area contributed by atoms with Crippen LogP contribution in [0.15, 0.2) is 34.8 Å². The molecule has 0 saturated carbocycles. The number of rotatable bonds is 2. The molecule has 0 amide bonds. The molecule has 0 aliphatic heterocycles. The van der Waals surface area contributed by atoms with Crippen LogP contribution >= 0.6 is 15.9 Å². The van der Waals surface area contributed by atoms with Crippen molar-refractivity contribution in [2.75, 3.05) is 5.73 Å².